The van der Waals surface area contributed by atoms with Gasteiger partial charge in [0.05, 0.1) is 0 Å². The van der Waals surface area contributed by atoms with E-state index in [-0.39, 0.29) is 16.1 Å². The minimum absolute atomic E-state index is 0.0274. The maximum atomic E-state index is 11.7. The molecule has 1 N–H and O–H groups in total. The smallest absolute Gasteiger partial charge is 0.243 e. The molecule has 0 aromatic carbocycles. The van der Waals surface area contributed by atoms with Gasteiger partial charge in [0.15, 0.2) is 0 Å². The molecule has 4 nitrogen and oxygen atoms in total. The molecule has 0 radical (unpaired) electrons. The fourth-order valence-corrected chi connectivity index (χ4v) is 2.60. The summed E-state index contributed by atoms with van der Waals surface area (Å²) in [7, 11) is -3.62. The van der Waals surface area contributed by atoms with Crippen LogP contribution in [0.5, 0.6) is 0 Å². The Hall–Kier alpha value is -0.910. The fourth-order valence-electron chi connectivity index (χ4n) is 0.928. The van der Waals surface area contributed by atoms with Crippen LogP contribution in [0.25, 0.3) is 0 Å². The van der Waals surface area contributed by atoms with Crippen LogP contribution < -0.4 is 4.72 Å². The molecule has 0 bridgehead atoms. The fraction of sp³-hybridized carbons (Fsp3) is 0.222. The Balaban J connectivity index is 3.07. The Morgan fingerprint density at radius 3 is 2.87 bits per heavy atom. The highest BCUT2D eigenvalue weighted by molar-refractivity contribution is 7.89. The predicted molar refractivity (Wildman–Crippen MR) is 59.2 cm³/mol. The average Bonchev–Trinajstić information content (AvgIpc) is 2.17. The van der Waals surface area contributed by atoms with Gasteiger partial charge in [0.1, 0.15) is 10.0 Å². The van der Waals surface area contributed by atoms with Gasteiger partial charge >= 0.3 is 0 Å². The van der Waals surface area contributed by atoms with Crippen LogP contribution in [-0.4, -0.2) is 19.4 Å². The molecule has 6 heteroatoms. The van der Waals surface area contributed by atoms with E-state index < -0.39 is 10.0 Å². The van der Waals surface area contributed by atoms with Gasteiger partial charge in [-0.2, -0.15) is 0 Å². The van der Waals surface area contributed by atoms with E-state index in [0.29, 0.717) is 0 Å². The topological polar surface area (TPSA) is 59.1 Å². The largest absolute Gasteiger partial charge is 0.244 e. The molecule has 0 aliphatic rings. The second-order valence-corrected chi connectivity index (χ2v) is 4.98. The summed E-state index contributed by atoms with van der Waals surface area (Å²) >= 11 is 5.68. The third kappa shape index (κ3) is 3.02. The van der Waals surface area contributed by atoms with Crippen molar-refractivity contribution in [1.82, 2.24) is 9.71 Å². The Morgan fingerprint density at radius 1 is 1.67 bits per heavy atom. The van der Waals surface area contributed by atoms with Gasteiger partial charge in [0.2, 0.25) is 10.0 Å². The van der Waals surface area contributed by atoms with Crippen molar-refractivity contribution in [2.24, 2.45) is 0 Å². The summed E-state index contributed by atoms with van der Waals surface area (Å²) < 4.78 is 25.9. The highest BCUT2D eigenvalue weighted by atomic mass is 35.5. The third-order valence-electron chi connectivity index (χ3n) is 1.71. The zero-order valence-electron chi connectivity index (χ0n) is 8.14. The molecule has 1 unspecified atom stereocenters. The summed E-state index contributed by atoms with van der Waals surface area (Å²) in [6, 6.07) is 2.55. The SMILES string of the molecule is C=CC(C)NS(=O)(=O)c1cccnc1Cl. The normalized spacial score (nSPS) is 13.5. The summed E-state index contributed by atoms with van der Waals surface area (Å²) in [5.74, 6) is 0. The van der Waals surface area contributed by atoms with Crippen LogP contribution >= 0.6 is 11.6 Å². The molecule has 0 saturated carbocycles. The first-order valence-corrected chi connectivity index (χ1v) is 6.09. The van der Waals surface area contributed by atoms with Crippen LogP contribution in [0.3, 0.4) is 0 Å². The van der Waals surface area contributed by atoms with E-state index in [2.05, 4.69) is 16.3 Å². The van der Waals surface area contributed by atoms with Crippen molar-refractivity contribution in [2.45, 2.75) is 17.9 Å². The highest BCUT2D eigenvalue weighted by Gasteiger charge is 2.19. The lowest BCUT2D eigenvalue weighted by Crippen LogP contribution is -2.31. The number of hydrogen-bond donors (Lipinski definition) is 1. The molecule has 0 aliphatic heterocycles. The molecule has 1 aromatic heterocycles. The lowest BCUT2D eigenvalue weighted by molar-refractivity contribution is 0.576. The standard InChI is InChI=1S/C9H11ClN2O2S/c1-3-7(2)12-15(13,14)8-5-4-6-11-9(8)10/h3-7,12H,1H2,2H3. The number of rotatable bonds is 4. The van der Waals surface area contributed by atoms with Crippen LogP contribution in [0.4, 0.5) is 0 Å². The number of halogens is 1. The monoisotopic (exact) mass is 246 g/mol. The first kappa shape index (κ1) is 12.2. The zero-order valence-corrected chi connectivity index (χ0v) is 9.72. The van der Waals surface area contributed by atoms with E-state index in [4.69, 9.17) is 11.6 Å². The first-order chi connectivity index (χ1) is 6.97. The van der Waals surface area contributed by atoms with E-state index in [9.17, 15) is 8.42 Å². The molecule has 0 aliphatic carbocycles. The third-order valence-corrected chi connectivity index (χ3v) is 3.71. The van der Waals surface area contributed by atoms with Gasteiger partial charge < -0.3 is 0 Å². The number of sulfonamides is 1. The Bertz CT molecular complexity index is 459. The zero-order chi connectivity index (χ0) is 11.5. The first-order valence-electron chi connectivity index (χ1n) is 4.23. The summed E-state index contributed by atoms with van der Waals surface area (Å²) in [4.78, 5) is 3.67. The molecule has 1 aromatic rings. The molecular weight excluding hydrogens is 236 g/mol. The molecule has 0 amide bonds. The van der Waals surface area contributed by atoms with Gasteiger partial charge in [-0.15, -0.1) is 6.58 Å². The van der Waals surface area contributed by atoms with Gasteiger partial charge in [-0.1, -0.05) is 17.7 Å². The van der Waals surface area contributed by atoms with Crippen LogP contribution in [0.15, 0.2) is 35.9 Å². The molecule has 0 fully saturated rings. The van der Waals surface area contributed by atoms with Crippen molar-refractivity contribution in [2.75, 3.05) is 0 Å². The molecule has 1 heterocycles. The van der Waals surface area contributed by atoms with Crippen molar-refractivity contribution in [3.05, 3.63) is 36.1 Å². The van der Waals surface area contributed by atoms with Gasteiger partial charge in [0.25, 0.3) is 0 Å². The summed E-state index contributed by atoms with van der Waals surface area (Å²) in [5, 5.41) is -0.0405. The van der Waals surface area contributed by atoms with Crippen molar-refractivity contribution in [1.29, 1.82) is 0 Å². The van der Waals surface area contributed by atoms with Crippen molar-refractivity contribution >= 4 is 21.6 Å². The van der Waals surface area contributed by atoms with Crippen LogP contribution in [0, 0.1) is 0 Å². The number of nitrogens with zero attached hydrogens (tertiary/aromatic N) is 1. The second-order valence-electron chi connectivity index (χ2n) is 2.94. The minimum atomic E-state index is -3.62. The van der Waals surface area contributed by atoms with E-state index >= 15 is 0 Å². The predicted octanol–water partition coefficient (Wildman–Crippen LogP) is 1.59. The van der Waals surface area contributed by atoms with Crippen LogP contribution in [0.1, 0.15) is 6.92 Å². The summed E-state index contributed by atoms with van der Waals surface area (Å²) in [6.07, 6.45) is 2.92. The van der Waals surface area contributed by atoms with Crippen molar-refractivity contribution < 1.29 is 8.42 Å². The average molecular weight is 247 g/mol. The maximum Gasteiger partial charge on any atom is 0.244 e. The number of pyridine rings is 1. The van der Waals surface area contributed by atoms with Gasteiger partial charge in [-0.3, -0.25) is 0 Å². The van der Waals surface area contributed by atoms with E-state index in [1.54, 1.807) is 6.92 Å². The molecule has 0 spiro atoms. The molecule has 0 saturated heterocycles. The van der Waals surface area contributed by atoms with Gasteiger partial charge in [0, 0.05) is 12.2 Å². The quantitative estimate of drug-likeness (QED) is 0.648. The molecule has 15 heavy (non-hydrogen) atoms. The molecule has 82 valence electrons. The summed E-state index contributed by atoms with van der Waals surface area (Å²) in [5.41, 5.74) is 0. The lowest BCUT2D eigenvalue weighted by Gasteiger charge is -2.10. The van der Waals surface area contributed by atoms with Crippen molar-refractivity contribution in [3.8, 4) is 0 Å². The van der Waals surface area contributed by atoms with Crippen molar-refractivity contribution in [3.63, 3.8) is 0 Å². The second kappa shape index (κ2) is 4.74. The molecule has 1 atom stereocenters. The number of nitrogens with one attached hydrogen (secondary N) is 1. The van der Waals surface area contributed by atoms with Crippen LogP contribution in [0.2, 0.25) is 5.15 Å². The molecular formula is C9H11ClN2O2S. The van der Waals surface area contributed by atoms with Gasteiger partial charge in [-0.25, -0.2) is 18.1 Å². The Morgan fingerprint density at radius 2 is 2.33 bits per heavy atom. The summed E-state index contributed by atoms with van der Waals surface area (Å²) in [6.45, 7) is 5.16. The maximum absolute atomic E-state index is 11.7. The number of hydrogen-bond acceptors (Lipinski definition) is 3. The lowest BCUT2D eigenvalue weighted by atomic mass is 10.4. The van der Waals surface area contributed by atoms with Gasteiger partial charge in [-0.05, 0) is 19.1 Å². The highest BCUT2D eigenvalue weighted by Crippen LogP contribution is 2.17. The molecule has 1 rings (SSSR count). The van der Waals surface area contributed by atoms with Crippen LogP contribution in [-0.2, 0) is 10.0 Å². The number of aromatic nitrogens is 1. The Labute approximate surface area is 94.0 Å². The van der Waals surface area contributed by atoms with E-state index in [0.717, 1.165) is 0 Å². The van der Waals surface area contributed by atoms with E-state index in [1.807, 2.05) is 0 Å². The minimum Gasteiger partial charge on any atom is -0.243 e. The Kier molecular flexibility index (Phi) is 3.84. The van der Waals surface area contributed by atoms with E-state index in [1.165, 1.54) is 24.4 Å².